The molecule has 1 aliphatic carbocycles. The molecule has 2 rings (SSSR count). The van der Waals surface area contributed by atoms with Crippen LogP contribution in [-0.4, -0.2) is 18.0 Å². The largest absolute Gasteiger partial charge is 0.326 e. The van der Waals surface area contributed by atoms with Crippen molar-refractivity contribution in [2.24, 2.45) is 11.7 Å². The van der Waals surface area contributed by atoms with Crippen molar-refractivity contribution in [2.45, 2.75) is 38.9 Å². The van der Waals surface area contributed by atoms with E-state index in [-0.39, 0.29) is 5.82 Å². The summed E-state index contributed by atoms with van der Waals surface area (Å²) < 4.78 is 13.2. The van der Waals surface area contributed by atoms with Crippen LogP contribution in [0, 0.1) is 11.7 Å². The average molecular weight is 236 g/mol. The summed E-state index contributed by atoms with van der Waals surface area (Å²) >= 11 is 0. The lowest BCUT2D eigenvalue weighted by Crippen LogP contribution is -2.30. The lowest BCUT2D eigenvalue weighted by Gasteiger charge is -2.25. The Kier molecular flexibility index (Phi) is 3.79. The zero-order valence-corrected chi connectivity index (χ0v) is 10.6. The van der Waals surface area contributed by atoms with Gasteiger partial charge in [-0.1, -0.05) is 6.07 Å². The van der Waals surface area contributed by atoms with E-state index in [0.29, 0.717) is 12.6 Å². The third-order valence-corrected chi connectivity index (χ3v) is 3.81. The molecule has 0 amide bonds. The van der Waals surface area contributed by atoms with Crippen LogP contribution >= 0.6 is 0 Å². The quantitative estimate of drug-likeness (QED) is 0.851. The van der Waals surface area contributed by atoms with Gasteiger partial charge in [-0.3, -0.25) is 4.90 Å². The van der Waals surface area contributed by atoms with Crippen molar-refractivity contribution in [3.05, 3.63) is 35.1 Å². The minimum absolute atomic E-state index is 0.176. The van der Waals surface area contributed by atoms with E-state index >= 15 is 0 Å². The summed E-state index contributed by atoms with van der Waals surface area (Å²) in [5.41, 5.74) is 7.74. The molecule has 1 saturated carbocycles. The van der Waals surface area contributed by atoms with Gasteiger partial charge in [0.05, 0.1) is 0 Å². The van der Waals surface area contributed by atoms with Gasteiger partial charge >= 0.3 is 0 Å². The molecule has 3 heteroatoms. The predicted molar refractivity (Wildman–Crippen MR) is 67.9 cm³/mol. The Morgan fingerprint density at radius 1 is 1.41 bits per heavy atom. The van der Waals surface area contributed by atoms with Crippen molar-refractivity contribution >= 4 is 0 Å². The molecule has 1 aromatic carbocycles. The Hall–Kier alpha value is -0.930. The van der Waals surface area contributed by atoms with E-state index in [9.17, 15) is 4.39 Å². The van der Waals surface area contributed by atoms with Gasteiger partial charge in [0.25, 0.3) is 0 Å². The predicted octanol–water partition coefficient (Wildman–Crippen LogP) is 2.51. The van der Waals surface area contributed by atoms with Crippen molar-refractivity contribution in [2.75, 3.05) is 7.05 Å². The molecule has 94 valence electrons. The number of halogens is 1. The Morgan fingerprint density at radius 3 is 2.71 bits per heavy atom. The fourth-order valence-corrected chi connectivity index (χ4v) is 2.29. The monoisotopic (exact) mass is 236 g/mol. The Labute approximate surface area is 103 Å². The third kappa shape index (κ3) is 3.05. The lowest BCUT2D eigenvalue weighted by molar-refractivity contribution is 0.225. The number of nitrogens with two attached hydrogens (primary N) is 1. The number of nitrogens with zero attached hydrogens (tertiary/aromatic N) is 1. The van der Waals surface area contributed by atoms with Gasteiger partial charge in [-0.25, -0.2) is 4.39 Å². The van der Waals surface area contributed by atoms with E-state index in [4.69, 9.17) is 5.73 Å². The average Bonchev–Trinajstić information content (AvgIpc) is 3.12. The van der Waals surface area contributed by atoms with E-state index in [1.807, 2.05) is 0 Å². The van der Waals surface area contributed by atoms with E-state index in [1.165, 1.54) is 18.9 Å². The van der Waals surface area contributed by atoms with Crippen LogP contribution in [-0.2, 0) is 13.1 Å². The first kappa shape index (κ1) is 12.5. The molecule has 1 aliphatic rings. The molecular weight excluding hydrogens is 215 g/mol. The number of rotatable bonds is 5. The van der Waals surface area contributed by atoms with Gasteiger partial charge in [-0.05, 0) is 56.0 Å². The highest BCUT2D eigenvalue weighted by atomic mass is 19.1. The fourth-order valence-electron chi connectivity index (χ4n) is 2.29. The first-order valence-corrected chi connectivity index (χ1v) is 6.29. The minimum atomic E-state index is -0.176. The SMILES string of the molecule is CC(C1CC1)N(C)Cc1cc(F)ccc1CN. The van der Waals surface area contributed by atoms with E-state index in [1.54, 1.807) is 12.1 Å². The van der Waals surface area contributed by atoms with Crippen LogP contribution in [0.15, 0.2) is 18.2 Å². The molecule has 1 unspecified atom stereocenters. The highest BCUT2D eigenvalue weighted by molar-refractivity contribution is 5.27. The number of benzene rings is 1. The highest BCUT2D eigenvalue weighted by Gasteiger charge is 2.30. The molecule has 2 N–H and O–H groups in total. The van der Waals surface area contributed by atoms with Crippen molar-refractivity contribution in [1.82, 2.24) is 4.90 Å². The Morgan fingerprint density at radius 2 is 2.12 bits per heavy atom. The molecule has 1 aromatic rings. The highest BCUT2D eigenvalue weighted by Crippen LogP contribution is 2.35. The molecule has 1 atom stereocenters. The van der Waals surface area contributed by atoms with Crippen molar-refractivity contribution in [3.63, 3.8) is 0 Å². The van der Waals surface area contributed by atoms with Gasteiger partial charge in [0.15, 0.2) is 0 Å². The van der Waals surface area contributed by atoms with E-state index in [2.05, 4.69) is 18.9 Å². The molecule has 0 aromatic heterocycles. The molecule has 1 fully saturated rings. The van der Waals surface area contributed by atoms with Crippen LogP contribution in [0.4, 0.5) is 4.39 Å². The normalized spacial score (nSPS) is 17.5. The summed E-state index contributed by atoms with van der Waals surface area (Å²) in [4.78, 5) is 2.30. The van der Waals surface area contributed by atoms with Gasteiger partial charge in [-0.15, -0.1) is 0 Å². The fraction of sp³-hybridized carbons (Fsp3) is 0.571. The van der Waals surface area contributed by atoms with E-state index < -0.39 is 0 Å². The van der Waals surface area contributed by atoms with Crippen LogP contribution in [0.1, 0.15) is 30.9 Å². The lowest BCUT2D eigenvalue weighted by atomic mass is 10.1. The molecule has 17 heavy (non-hydrogen) atoms. The van der Waals surface area contributed by atoms with Crippen molar-refractivity contribution < 1.29 is 4.39 Å². The molecule has 0 spiro atoms. The van der Waals surface area contributed by atoms with Gasteiger partial charge < -0.3 is 5.73 Å². The summed E-state index contributed by atoms with van der Waals surface area (Å²) in [5, 5.41) is 0. The van der Waals surface area contributed by atoms with Crippen LogP contribution in [0.3, 0.4) is 0 Å². The van der Waals surface area contributed by atoms with Crippen molar-refractivity contribution in [1.29, 1.82) is 0 Å². The smallest absolute Gasteiger partial charge is 0.123 e. The zero-order chi connectivity index (χ0) is 12.4. The zero-order valence-electron chi connectivity index (χ0n) is 10.6. The van der Waals surface area contributed by atoms with E-state index in [0.717, 1.165) is 23.6 Å². The molecular formula is C14H21FN2. The maximum Gasteiger partial charge on any atom is 0.123 e. The van der Waals surface area contributed by atoms with Crippen LogP contribution in [0.2, 0.25) is 0 Å². The molecule has 0 radical (unpaired) electrons. The first-order valence-electron chi connectivity index (χ1n) is 6.29. The van der Waals surface area contributed by atoms with Crippen molar-refractivity contribution in [3.8, 4) is 0 Å². The third-order valence-electron chi connectivity index (χ3n) is 3.81. The second-order valence-electron chi connectivity index (χ2n) is 5.11. The number of hydrogen-bond donors (Lipinski definition) is 1. The summed E-state index contributed by atoms with van der Waals surface area (Å²) in [6, 6.07) is 5.46. The second-order valence-corrected chi connectivity index (χ2v) is 5.11. The number of hydrogen-bond acceptors (Lipinski definition) is 2. The van der Waals surface area contributed by atoms with Gasteiger partial charge in [0.2, 0.25) is 0 Å². The standard InChI is InChI=1S/C14H21FN2/c1-10(11-3-4-11)17(2)9-13-7-14(15)6-5-12(13)8-16/h5-7,10-11H,3-4,8-9,16H2,1-2H3. The summed E-state index contributed by atoms with van der Waals surface area (Å²) in [7, 11) is 2.11. The maximum absolute atomic E-state index is 13.2. The molecule has 0 aliphatic heterocycles. The Bertz CT molecular complexity index is 388. The Balaban J connectivity index is 2.08. The van der Waals surface area contributed by atoms with Gasteiger partial charge in [-0.2, -0.15) is 0 Å². The summed E-state index contributed by atoms with van der Waals surface area (Å²) in [5.74, 6) is 0.652. The topological polar surface area (TPSA) is 29.3 Å². The van der Waals surface area contributed by atoms with Gasteiger partial charge in [0.1, 0.15) is 5.82 Å². The molecule has 0 heterocycles. The maximum atomic E-state index is 13.2. The van der Waals surface area contributed by atoms with Gasteiger partial charge in [0, 0.05) is 19.1 Å². The molecule has 2 nitrogen and oxygen atoms in total. The summed E-state index contributed by atoms with van der Waals surface area (Å²) in [6.07, 6.45) is 2.66. The second kappa shape index (κ2) is 5.15. The molecule has 0 bridgehead atoms. The minimum Gasteiger partial charge on any atom is -0.326 e. The first-order chi connectivity index (χ1) is 8.11. The summed E-state index contributed by atoms with van der Waals surface area (Å²) in [6.45, 7) is 3.50. The molecule has 0 saturated heterocycles. The van der Waals surface area contributed by atoms with Crippen LogP contribution in [0.25, 0.3) is 0 Å². The van der Waals surface area contributed by atoms with Crippen LogP contribution < -0.4 is 5.73 Å². The van der Waals surface area contributed by atoms with Crippen LogP contribution in [0.5, 0.6) is 0 Å².